The van der Waals surface area contributed by atoms with E-state index in [9.17, 15) is 9.59 Å². The molecule has 0 aliphatic rings. The molecule has 0 spiro atoms. The summed E-state index contributed by atoms with van der Waals surface area (Å²) < 4.78 is 2.85. The van der Waals surface area contributed by atoms with Gasteiger partial charge in [-0.25, -0.2) is 0 Å². The highest BCUT2D eigenvalue weighted by Crippen LogP contribution is 2.08. The quantitative estimate of drug-likeness (QED) is 0.444. The van der Waals surface area contributed by atoms with Gasteiger partial charge in [0, 0.05) is 32.1 Å². The first-order chi connectivity index (χ1) is 8.49. The number of nitrogens with one attached hydrogen (secondary N) is 1. The lowest BCUT2D eigenvalue weighted by atomic mass is 10.3. The van der Waals surface area contributed by atoms with Gasteiger partial charge in [0.2, 0.25) is 11.1 Å². The first-order valence-corrected chi connectivity index (χ1v) is 7.09. The second-order valence-electron chi connectivity index (χ2n) is 3.88. The third kappa shape index (κ3) is 5.81. The average Bonchev–Trinajstić information content (AvgIpc) is 2.61. The average molecular weight is 384 g/mol. The number of amides is 1. The van der Waals surface area contributed by atoms with Crippen LogP contribution >= 0.6 is 34.2 Å². The lowest BCUT2D eigenvalue weighted by Gasteiger charge is -2.04. The zero-order valence-electron chi connectivity index (χ0n) is 10.1. The van der Waals surface area contributed by atoms with Crippen LogP contribution in [0.25, 0.3) is 0 Å². The molecule has 0 radical (unpaired) electrons. The first kappa shape index (κ1) is 15.4. The molecule has 0 fully saturated rings. The molecule has 5 nitrogen and oxygen atoms in total. The minimum absolute atomic E-state index is 0.0415. The molecule has 0 atom stereocenters. The number of aryl methyl sites for hydroxylation is 2. The lowest BCUT2D eigenvalue weighted by molar-refractivity contribution is -0.121. The van der Waals surface area contributed by atoms with Crippen LogP contribution in [0.1, 0.15) is 25.0 Å². The van der Waals surface area contributed by atoms with Gasteiger partial charge in [-0.1, -0.05) is 0 Å². The molecule has 18 heavy (non-hydrogen) atoms. The van der Waals surface area contributed by atoms with E-state index in [-0.39, 0.29) is 11.1 Å². The molecule has 0 saturated heterocycles. The molecule has 1 amide bonds. The Kier molecular flexibility index (Phi) is 6.62. The largest absolute Gasteiger partial charge is 0.356 e. The van der Waals surface area contributed by atoms with Crippen LogP contribution in [0.15, 0.2) is 6.20 Å². The summed E-state index contributed by atoms with van der Waals surface area (Å²) in [6.45, 7) is 2.97. The third-order valence-corrected chi connectivity index (χ3v) is 3.57. The number of nitrogens with zero attached hydrogens (tertiary/aromatic N) is 2. The van der Waals surface area contributed by atoms with Crippen molar-refractivity contribution in [3.8, 4) is 0 Å². The van der Waals surface area contributed by atoms with Crippen molar-refractivity contribution in [1.29, 1.82) is 0 Å². The molecule has 1 aromatic heterocycles. The van der Waals surface area contributed by atoms with Crippen LogP contribution in [-0.4, -0.2) is 27.5 Å². The van der Waals surface area contributed by atoms with Crippen molar-refractivity contribution in [3.05, 3.63) is 15.5 Å². The van der Waals surface area contributed by atoms with Crippen LogP contribution in [0.3, 0.4) is 0 Å². The Labute approximate surface area is 124 Å². The number of hydrogen-bond donors (Lipinski definition) is 1. The zero-order valence-corrected chi connectivity index (χ0v) is 13.0. The van der Waals surface area contributed by atoms with Gasteiger partial charge >= 0.3 is 0 Å². The summed E-state index contributed by atoms with van der Waals surface area (Å²) in [5.41, 5.74) is 0.969. The Bertz CT molecular complexity index is 414. The number of halogens is 2. The van der Waals surface area contributed by atoms with Gasteiger partial charge in [-0.3, -0.25) is 14.3 Å². The molecule has 1 aromatic rings. The third-order valence-electron chi connectivity index (χ3n) is 2.33. The minimum atomic E-state index is -0.370. The van der Waals surface area contributed by atoms with Crippen LogP contribution < -0.4 is 5.32 Å². The van der Waals surface area contributed by atoms with Gasteiger partial charge in [0.25, 0.3) is 0 Å². The molecule has 100 valence electrons. The highest BCUT2D eigenvalue weighted by molar-refractivity contribution is 14.1. The van der Waals surface area contributed by atoms with Crippen molar-refractivity contribution in [2.75, 3.05) is 6.54 Å². The molecule has 0 bridgehead atoms. The molecule has 0 aliphatic heterocycles. The second-order valence-corrected chi connectivity index (χ2v) is 5.47. The van der Waals surface area contributed by atoms with Gasteiger partial charge in [-0.2, -0.15) is 5.10 Å². The Balaban J connectivity index is 2.19. The molecule has 0 unspecified atom stereocenters. The summed E-state index contributed by atoms with van der Waals surface area (Å²) in [4.78, 5) is 22.0. The fraction of sp³-hybridized carbons (Fsp3) is 0.545. The topological polar surface area (TPSA) is 64.0 Å². The molecule has 0 aliphatic carbocycles. The van der Waals surface area contributed by atoms with E-state index in [4.69, 9.17) is 11.6 Å². The Morgan fingerprint density at radius 2 is 2.22 bits per heavy atom. The monoisotopic (exact) mass is 383 g/mol. The molecular formula is C11H15ClIN3O2. The van der Waals surface area contributed by atoms with Crippen molar-refractivity contribution in [2.24, 2.45) is 0 Å². The van der Waals surface area contributed by atoms with E-state index in [1.54, 1.807) is 4.68 Å². The van der Waals surface area contributed by atoms with Gasteiger partial charge < -0.3 is 5.32 Å². The van der Waals surface area contributed by atoms with Gasteiger partial charge in [0.1, 0.15) is 0 Å². The highest BCUT2D eigenvalue weighted by Gasteiger charge is 2.05. The van der Waals surface area contributed by atoms with Crippen molar-refractivity contribution in [2.45, 2.75) is 32.7 Å². The van der Waals surface area contributed by atoms with Crippen molar-refractivity contribution in [1.82, 2.24) is 15.1 Å². The zero-order chi connectivity index (χ0) is 13.5. The fourth-order valence-corrected chi connectivity index (χ4v) is 1.93. The summed E-state index contributed by atoms with van der Waals surface area (Å²) in [5.74, 6) is -0.0415. The summed E-state index contributed by atoms with van der Waals surface area (Å²) in [5, 5.41) is 6.64. The number of hydrogen-bond acceptors (Lipinski definition) is 3. The number of carbonyl (C=O) groups excluding carboxylic acids is 2. The van der Waals surface area contributed by atoms with Crippen LogP contribution in [0.2, 0.25) is 0 Å². The SMILES string of the molecule is Cc1nn(CCC(=O)NCCCC(=O)Cl)cc1I. The van der Waals surface area contributed by atoms with E-state index < -0.39 is 0 Å². The molecule has 7 heteroatoms. The lowest BCUT2D eigenvalue weighted by Crippen LogP contribution is -2.25. The first-order valence-electron chi connectivity index (χ1n) is 5.63. The Hall–Kier alpha value is -0.630. The molecule has 1 heterocycles. The van der Waals surface area contributed by atoms with E-state index in [1.165, 1.54) is 0 Å². The number of aromatic nitrogens is 2. The number of rotatable bonds is 7. The van der Waals surface area contributed by atoms with Gasteiger partial charge in [-0.05, 0) is 47.5 Å². The maximum Gasteiger partial charge on any atom is 0.221 e. The standard InChI is InChI=1S/C11H15ClIN3O2/c1-8-9(13)7-16(15-8)6-4-11(18)14-5-2-3-10(12)17/h7H,2-6H2,1H3,(H,14,18). The van der Waals surface area contributed by atoms with E-state index in [1.807, 2.05) is 13.1 Å². The maximum atomic E-state index is 11.5. The van der Waals surface area contributed by atoms with Crippen molar-refractivity contribution < 1.29 is 9.59 Å². The van der Waals surface area contributed by atoms with E-state index in [0.717, 1.165) is 9.26 Å². The molecule has 1 N–H and O–H groups in total. The summed E-state index contributed by atoms with van der Waals surface area (Å²) in [6, 6.07) is 0. The molecular weight excluding hydrogens is 368 g/mol. The molecule has 0 saturated carbocycles. The molecule has 1 rings (SSSR count). The van der Waals surface area contributed by atoms with Gasteiger partial charge in [-0.15, -0.1) is 0 Å². The van der Waals surface area contributed by atoms with E-state index in [2.05, 4.69) is 33.0 Å². The summed E-state index contributed by atoms with van der Waals surface area (Å²) in [6.07, 6.45) is 3.16. The van der Waals surface area contributed by atoms with Crippen LogP contribution in [0.4, 0.5) is 0 Å². The Morgan fingerprint density at radius 3 is 2.78 bits per heavy atom. The smallest absolute Gasteiger partial charge is 0.221 e. The van der Waals surface area contributed by atoms with Crippen LogP contribution in [0, 0.1) is 10.5 Å². The highest BCUT2D eigenvalue weighted by atomic mass is 127. The van der Waals surface area contributed by atoms with Crippen LogP contribution in [0.5, 0.6) is 0 Å². The summed E-state index contributed by atoms with van der Waals surface area (Å²) >= 11 is 7.40. The van der Waals surface area contributed by atoms with Gasteiger partial charge in [0.05, 0.1) is 9.26 Å². The number of carbonyl (C=O) groups is 2. The maximum absolute atomic E-state index is 11.5. The van der Waals surface area contributed by atoms with E-state index >= 15 is 0 Å². The van der Waals surface area contributed by atoms with E-state index in [0.29, 0.717) is 32.4 Å². The summed E-state index contributed by atoms with van der Waals surface area (Å²) in [7, 11) is 0. The van der Waals surface area contributed by atoms with Crippen molar-refractivity contribution >= 4 is 45.3 Å². The fourth-order valence-electron chi connectivity index (χ4n) is 1.37. The van der Waals surface area contributed by atoms with Gasteiger partial charge in [0.15, 0.2) is 0 Å². The minimum Gasteiger partial charge on any atom is -0.356 e. The Morgan fingerprint density at radius 1 is 1.50 bits per heavy atom. The normalized spacial score (nSPS) is 10.4. The second kappa shape index (κ2) is 7.73. The molecule has 0 aromatic carbocycles. The predicted octanol–water partition coefficient (Wildman–Crippen LogP) is 1.85. The van der Waals surface area contributed by atoms with Crippen molar-refractivity contribution in [3.63, 3.8) is 0 Å². The van der Waals surface area contributed by atoms with Crippen LogP contribution in [-0.2, 0) is 16.1 Å². The predicted molar refractivity (Wildman–Crippen MR) is 77.4 cm³/mol.